The van der Waals surface area contributed by atoms with Gasteiger partial charge < -0.3 is 15.2 Å². The van der Waals surface area contributed by atoms with Crippen molar-refractivity contribution in [1.29, 1.82) is 0 Å². The summed E-state index contributed by atoms with van der Waals surface area (Å²) in [5.41, 5.74) is 6.46. The quantitative estimate of drug-likeness (QED) is 0.512. The van der Waals surface area contributed by atoms with Crippen molar-refractivity contribution >= 4 is 46.4 Å². The van der Waals surface area contributed by atoms with Crippen LogP contribution in [0.5, 0.6) is 0 Å². The van der Waals surface area contributed by atoms with Gasteiger partial charge in [-0.1, -0.05) is 36.7 Å². The predicted octanol–water partition coefficient (Wildman–Crippen LogP) is 4.84. The maximum Gasteiger partial charge on any atom is 0.158 e. The van der Waals surface area contributed by atoms with Crippen molar-refractivity contribution < 1.29 is 4.55 Å². The van der Waals surface area contributed by atoms with Crippen molar-refractivity contribution in [2.24, 2.45) is 5.41 Å². The monoisotopic (exact) mass is 508 g/mol. The number of hydrogen-bond acceptors (Lipinski definition) is 8. The van der Waals surface area contributed by atoms with E-state index in [2.05, 4.69) is 45.3 Å². The molecule has 10 heteroatoms. The van der Waals surface area contributed by atoms with Gasteiger partial charge in [0.2, 0.25) is 0 Å². The molecular formula is C23H33ClN6OS2. The first-order valence-corrected chi connectivity index (χ1v) is 13.9. The van der Waals surface area contributed by atoms with Gasteiger partial charge in [-0.3, -0.25) is 4.98 Å². The number of piperidine rings is 1. The van der Waals surface area contributed by atoms with Crippen LogP contribution in [-0.4, -0.2) is 43.4 Å². The van der Waals surface area contributed by atoms with Gasteiger partial charge in [-0.2, -0.15) is 0 Å². The van der Waals surface area contributed by atoms with Crippen LogP contribution >= 0.6 is 23.4 Å². The minimum atomic E-state index is -1.04. The highest BCUT2D eigenvalue weighted by Crippen LogP contribution is 2.47. The fraction of sp³-hybridized carbons (Fsp3) is 0.609. The molecule has 2 aromatic rings. The molecule has 2 fully saturated rings. The van der Waals surface area contributed by atoms with Crippen LogP contribution in [0.25, 0.3) is 0 Å². The van der Waals surface area contributed by atoms with Crippen LogP contribution in [0.3, 0.4) is 0 Å². The average Bonchev–Trinajstić information content (AvgIpc) is 3.18. The van der Waals surface area contributed by atoms with E-state index in [1.54, 1.807) is 18.6 Å². The van der Waals surface area contributed by atoms with Gasteiger partial charge in [0.25, 0.3) is 0 Å². The molecule has 33 heavy (non-hydrogen) atoms. The number of nitrogens with two attached hydrogens (primary N) is 1. The molecule has 1 unspecified atom stereocenters. The van der Waals surface area contributed by atoms with Crippen molar-refractivity contribution in [2.75, 3.05) is 23.7 Å². The van der Waals surface area contributed by atoms with Crippen molar-refractivity contribution in [3.8, 4) is 0 Å². The number of nitrogens with zero attached hydrogens (tertiary/aromatic N) is 4. The topological polar surface area (TPSA) is 103 Å². The second-order valence-electron chi connectivity index (χ2n) is 9.62. The summed E-state index contributed by atoms with van der Waals surface area (Å²) in [4.78, 5) is 16.3. The Kier molecular flexibility index (Phi) is 7.65. The van der Waals surface area contributed by atoms with Crippen LogP contribution in [0.4, 0.5) is 11.6 Å². The number of hydrogen-bond donors (Lipinski definition) is 2. The molecule has 2 aromatic heterocycles. The summed E-state index contributed by atoms with van der Waals surface area (Å²) in [5, 5.41) is 1.21. The van der Waals surface area contributed by atoms with Crippen LogP contribution in [0.15, 0.2) is 34.6 Å². The molecule has 4 rings (SSSR count). The zero-order valence-corrected chi connectivity index (χ0v) is 21.9. The molecular weight excluding hydrogens is 476 g/mol. The third-order valence-corrected chi connectivity index (χ3v) is 10.6. The molecule has 3 N–H and O–H groups in total. The third-order valence-electron chi connectivity index (χ3n) is 7.29. The molecule has 0 amide bonds. The Morgan fingerprint density at radius 3 is 2.76 bits per heavy atom. The standard InChI is InChI=1S/C23H33ClN6OS2/c1-4-22(2,3)33(31)29-18-6-5-8-23(18)9-12-30(13-10-23)19-15-27-21(20(25)28-19)32-17-7-11-26-14-16(17)24/h7,11,14-15,18,29H,4-6,8-10,12-13H2,1-3H3,(H2,25,28)/t18-,33?/m1/s1. The van der Waals surface area contributed by atoms with E-state index < -0.39 is 11.4 Å². The van der Waals surface area contributed by atoms with Gasteiger partial charge in [-0.25, -0.2) is 9.97 Å². The zero-order valence-electron chi connectivity index (χ0n) is 19.5. The minimum absolute atomic E-state index is 0.210. The van der Waals surface area contributed by atoms with E-state index in [0.29, 0.717) is 21.9 Å². The third kappa shape index (κ3) is 5.37. The molecule has 0 bridgehead atoms. The minimum Gasteiger partial charge on any atom is -0.598 e. The number of aromatic nitrogens is 3. The van der Waals surface area contributed by atoms with Crippen LogP contribution in [0.1, 0.15) is 59.3 Å². The highest BCUT2D eigenvalue weighted by molar-refractivity contribution is 7.99. The largest absolute Gasteiger partial charge is 0.598 e. The lowest BCUT2D eigenvalue weighted by Crippen LogP contribution is -2.53. The molecule has 1 aliphatic carbocycles. The van der Waals surface area contributed by atoms with Gasteiger partial charge in [0, 0.05) is 41.7 Å². The van der Waals surface area contributed by atoms with Gasteiger partial charge in [0.05, 0.1) is 17.3 Å². The second-order valence-corrected chi connectivity index (χ2v) is 12.9. The Bertz CT molecular complexity index is 970. The van der Waals surface area contributed by atoms with Gasteiger partial charge in [0.15, 0.2) is 5.82 Å². The molecule has 2 aliphatic rings. The van der Waals surface area contributed by atoms with E-state index in [1.165, 1.54) is 24.6 Å². The molecule has 1 saturated carbocycles. The normalized spacial score (nSPS) is 21.5. The Balaban J connectivity index is 1.40. The van der Waals surface area contributed by atoms with Gasteiger partial charge >= 0.3 is 0 Å². The summed E-state index contributed by atoms with van der Waals surface area (Å²) >= 11 is 6.57. The van der Waals surface area contributed by atoms with Crippen molar-refractivity contribution in [3.05, 3.63) is 29.7 Å². The Hall–Kier alpha value is -1.26. The van der Waals surface area contributed by atoms with Crippen LogP contribution in [0.2, 0.25) is 5.02 Å². The molecule has 0 aromatic carbocycles. The van der Waals surface area contributed by atoms with E-state index in [0.717, 1.165) is 49.5 Å². The van der Waals surface area contributed by atoms with E-state index in [4.69, 9.17) is 17.3 Å². The summed E-state index contributed by atoms with van der Waals surface area (Å²) < 4.78 is 16.2. The van der Waals surface area contributed by atoms with Crippen molar-refractivity contribution in [1.82, 2.24) is 19.7 Å². The van der Waals surface area contributed by atoms with E-state index in [1.807, 2.05) is 6.07 Å². The zero-order chi connectivity index (χ0) is 23.6. The van der Waals surface area contributed by atoms with Crippen LogP contribution in [0, 0.1) is 5.41 Å². The summed E-state index contributed by atoms with van der Waals surface area (Å²) in [6, 6.07) is 2.15. The molecule has 1 saturated heterocycles. The van der Waals surface area contributed by atoms with E-state index in [-0.39, 0.29) is 10.2 Å². The molecule has 2 atom stereocenters. The summed E-state index contributed by atoms with van der Waals surface area (Å²) in [6.07, 6.45) is 11.6. The first-order valence-electron chi connectivity index (χ1n) is 11.6. The number of rotatable bonds is 7. The first kappa shape index (κ1) is 24.9. The Labute approximate surface area is 209 Å². The maximum absolute atomic E-state index is 12.9. The lowest BCUT2D eigenvalue weighted by atomic mass is 9.74. The lowest BCUT2D eigenvalue weighted by Gasteiger charge is -2.44. The van der Waals surface area contributed by atoms with Gasteiger partial charge in [0.1, 0.15) is 15.6 Å². The van der Waals surface area contributed by atoms with E-state index in [9.17, 15) is 4.55 Å². The number of nitrogens with one attached hydrogen (secondary N) is 1. The first-order chi connectivity index (χ1) is 15.7. The summed E-state index contributed by atoms with van der Waals surface area (Å²) in [6.45, 7) is 8.06. The smallest absolute Gasteiger partial charge is 0.158 e. The highest BCUT2D eigenvalue weighted by atomic mass is 35.5. The van der Waals surface area contributed by atoms with Gasteiger partial charge in [-0.05, 0) is 57.4 Å². The number of nitrogen functional groups attached to an aromatic ring is 1. The number of pyridine rings is 1. The lowest BCUT2D eigenvalue weighted by molar-refractivity contribution is 0.186. The van der Waals surface area contributed by atoms with Crippen molar-refractivity contribution in [3.63, 3.8) is 0 Å². The molecule has 7 nitrogen and oxygen atoms in total. The Morgan fingerprint density at radius 1 is 1.33 bits per heavy atom. The van der Waals surface area contributed by atoms with Crippen LogP contribution in [-0.2, 0) is 11.4 Å². The number of halogens is 1. The maximum atomic E-state index is 12.9. The highest BCUT2D eigenvalue weighted by Gasteiger charge is 2.48. The fourth-order valence-electron chi connectivity index (χ4n) is 4.68. The molecule has 1 spiro atoms. The summed E-state index contributed by atoms with van der Waals surface area (Å²) in [7, 11) is 0. The second kappa shape index (κ2) is 10.2. The van der Waals surface area contributed by atoms with E-state index >= 15 is 0 Å². The molecule has 0 radical (unpaired) electrons. The SMILES string of the molecule is CCC(C)(C)[S+]([O-])N[C@@H]1CCCC12CCN(c1cnc(Sc3ccncc3Cl)c(N)n1)CC2. The molecule has 180 valence electrons. The van der Waals surface area contributed by atoms with Crippen LogP contribution < -0.4 is 15.4 Å². The molecule has 3 heterocycles. The van der Waals surface area contributed by atoms with Crippen molar-refractivity contribution in [2.45, 2.75) is 80.0 Å². The predicted molar refractivity (Wildman–Crippen MR) is 137 cm³/mol. The summed E-state index contributed by atoms with van der Waals surface area (Å²) in [5.74, 6) is 1.22. The molecule has 1 aliphatic heterocycles. The average molecular weight is 509 g/mol. The fourth-order valence-corrected chi connectivity index (χ4v) is 6.87. The van der Waals surface area contributed by atoms with Gasteiger partial charge in [-0.15, -0.1) is 4.72 Å². The Morgan fingerprint density at radius 2 is 2.09 bits per heavy atom. The number of anilines is 2.